The third kappa shape index (κ3) is 3.51. The Bertz CT molecular complexity index is 996. The molecule has 0 N–H and O–H groups in total. The van der Waals surface area contributed by atoms with Gasteiger partial charge in [0.25, 0.3) is 5.91 Å². The van der Waals surface area contributed by atoms with E-state index in [4.69, 9.17) is 9.36 Å². The van der Waals surface area contributed by atoms with Crippen molar-refractivity contribution >= 4 is 11.6 Å². The van der Waals surface area contributed by atoms with Gasteiger partial charge in [-0.1, -0.05) is 52.8 Å². The number of benzene rings is 2. The Morgan fingerprint density at radius 2 is 1.86 bits per heavy atom. The number of aryl methyl sites for hydroxylation is 1. The summed E-state index contributed by atoms with van der Waals surface area (Å²) in [5.74, 6) is 0.841. The van der Waals surface area contributed by atoms with Crippen molar-refractivity contribution in [2.45, 2.75) is 19.4 Å². The molecule has 2 aromatic carbocycles. The quantitative estimate of drug-likeness (QED) is 0.650. The number of rotatable bonds is 4. The smallest absolute Gasteiger partial charge is 0.254 e. The maximum Gasteiger partial charge on any atom is 0.254 e. The highest BCUT2D eigenvalue weighted by molar-refractivity contribution is 6.00. The van der Waals surface area contributed by atoms with Gasteiger partial charge in [-0.05, 0) is 23.3 Å². The molecule has 2 heterocycles. The maximum atomic E-state index is 13.2. The SMILES string of the molecule is CO/N=C1\CC(c2noc(C)n2)N(C(=O)c2ccc(-c3ccccc3)cc2)C1. The van der Waals surface area contributed by atoms with Gasteiger partial charge < -0.3 is 14.3 Å². The molecule has 0 radical (unpaired) electrons. The van der Waals surface area contributed by atoms with Gasteiger partial charge in [0.1, 0.15) is 13.2 Å². The third-order valence-electron chi connectivity index (χ3n) is 4.72. The second kappa shape index (κ2) is 7.64. The lowest BCUT2D eigenvalue weighted by atomic mass is 10.0. The minimum Gasteiger partial charge on any atom is -0.399 e. The van der Waals surface area contributed by atoms with E-state index in [1.807, 2.05) is 54.6 Å². The van der Waals surface area contributed by atoms with Gasteiger partial charge in [0.2, 0.25) is 5.89 Å². The number of amides is 1. The minimum absolute atomic E-state index is 0.103. The van der Waals surface area contributed by atoms with E-state index in [-0.39, 0.29) is 11.9 Å². The van der Waals surface area contributed by atoms with Crippen LogP contribution in [0.3, 0.4) is 0 Å². The van der Waals surface area contributed by atoms with Crippen molar-refractivity contribution < 1.29 is 14.2 Å². The fourth-order valence-electron chi connectivity index (χ4n) is 3.40. The first-order valence-electron chi connectivity index (χ1n) is 9.01. The van der Waals surface area contributed by atoms with Gasteiger partial charge in [-0.2, -0.15) is 4.98 Å². The summed E-state index contributed by atoms with van der Waals surface area (Å²) in [6.07, 6.45) is 0.515. The Hall–Kier alpha value is -3.48. The molecule has 1 aliphatic heterocycles. The van der Waals surface area contributed by atoms with Crippen molar-refractivity contribution in [3.05, 3.63) is 71.9 Å². The average Bonchev–Trinajstić information content (AvgIpc) is 3.35. The molecule has 1 aromatic heterocycles. The number of carbonyl (C=O) groups excluding carboxylic acids is 1. The highest BCUT2D eigenvalue weighted by Gasteiger charge is 2.37. The molecule has 1 fully saturated rings. The molecule has 1 unspecified atom stereocenters. The molecule has 4 rings (SSSR count). The van der Waals surface area contributed by atoms with Gasteiger partial charge in [0, 0.05) is 18.9 Å². The first kappa shape index (κ1) is 17.9. The molecule has 3 aromatic rings. The first-order chi connectivity index (χ1) is 13.7. The Balaban J connectivity index is 1.60. The summed E-state index contributed by atoms with van der Waals surface area (Å²) >= 11 is 0. The van der Waals surface area contributed by atoms with E-state index in [0.29, 0.717) is 30.2 Å². The maximum absolute atomic E-state index is 13.2. The fourth-order valence-corrected chi connectivity index (χ4v) is 3.40. The third-order valence-corrected chi connectivity index (χ3v) is 4.72. The molecule has 0 bridgehead atoms. The summed E-state index contributed by atoms with van der Waals surface area (Å²) in [5, 5.41) is 8.02. The molecule has 28 heavy (non-hydrogen) atoms. The number of aromatic nitrogens is 2. The summed E-state index contributed by atoms with van der Waals surface area (Å²) < 4.78 is 5.10. The molecular formula is C21H20N4O3. The van der Waals surface area contributed by atoms with E-state index in [0.717, 1.165) is 16.8 Å². The van der Waals surface area contributed by atoms with E-state index in [1.54, 1.807) is 11.8 Å². The van der Waals surface area contributed by atoms with Crippen LogP contribution in [0.2, 0.25) is 0 Å². The van der Waals surface area contributed by atoms with Crippen LogP contribution in [0.15, 0.2) is 64.3 Å². The standard InChI is InChI=1S/C21H20N4O3/c1-14-22-20(24-28-14)19-12-18(23-27-2)13-25(19)21(26)17-10-8-16(9-11-17)15-6-4-3-5-7-15/h3-11,19H,12-13H2,1-2H3/b23-18+. The van der Waals surface area contributed by atoms with Crippen molar-refractivity contribution in [1.82, 2.24) is 15.0 Å². The van der Waals surface area contributed by atoms with Crippen molar-refractivity contribution in [1.29, 1.82) is 0 Å². The van der Waals surface area contributed by atoms with E-state index in [9.17, 15) is 4.79 Å². The topological polar surface area (TPSA) is 80.8 Å². The largest absolute Gasteiger partial charge is 0.399 e. The van der Waals surface area contributed by atoms with Crippen LogP contribution in [0.25, 0.3) is 11.1 Å². The predicted molar refractivity (Wildman–Crippen MR) is 104 cm³/mol. The Labute approximate surface area is 162 Å². The number of carbonyl (C=O) groups is 1. The fraction of sp³-hybridized carbons (Fsp3) is 0.238. The van der Waals surface area contributed by atoms with Crippen molar-refractivity contribution in [3.8, 4) is 11.1 Å². The van der Waals surface area contributed by atoms with Crippen LogP contribution in [0.5, 0.6) is 0 Å². The number of likely N-dealkylation sites (tertiary alicyclic amines) is 1. The lowest BCUT2D eigenvalue weighted by molar-refractivity contribution is 0.0732. The monoisotopic (exact) mass is 376 g/mol. The zero-order valence-corrected chi connectivity index (χ0v) is 15.7. The molecule has 1 saturated heterocycles. The molecule has 0 aliphatic carbocycles. The van der Waals surface area contributed by atoms with E-state index in [2.05, 4.69) is 15.3 Å². The van der Waals surface area contributed by atoms with Gasteiger partial charge in [-0.25, -0.2) is 0 Å². The minimum atomic E-state index is -0.326. The van der Waals surface area contributed by atoms with Crippen LogP contribution >= 0.6 is 0 Å². The summed E-state index contributed by atoms with van der Waals surface area (Å²) in [5.41, 5.74) is 3.54. The number of nitrogens with zero attached hydrogens (tertiary/aromatic N) is 4. The molecular weight excluding hydrogens is 356 g/mol. The lowest BCUT2D eigenvalue weighted by Gasteiger charge is -2.21. The number of oxime groups is 1. The zero-order valence-electron chi connectivity index (χ0n) is 15.7. The van der Waals surface area contributed by atoms with E-state index < -0.39 is 0 Å². The normalized spacial score (nSPS) is 17.9. The van der Waals surface area contributed by atoms with Gasteiger partial charge in [-0.15, -0.1) is 0 Å². The highest BCUT2D eigenvalue weighted by atomic mass is 16.6. The van der Waals surface area contributed by atoms with Gasteiger partial charge in [0.15, 0.2) is 5.82 Å². The highest BCUT2D eigenvalue weighted by Crippen LogP contribution is 2.31. The van der Waals surface area contributed by atoms with Gasteiger partial charge in [-0.3, -0.25) is 4.79 Å². The Morgan fingerprint density at radius 3 is 2.50 bits per heavy atom. The van der Waals surface area contributed by atoms with Crippen molar-refractivity contribution in [3.63, 3.8) is 0 Å². The molecule has 7 heteroatoms. The van der Waals surface area contributed by atoms with Crippen LogP contribution in [0.4, 0.5) is 0 Å². The van der Waals surface area contributed by atoms with Crippen LogP contribution in [-0.4, -0.2) is 40.3 Å². The first-order valence-corrected chi connectivity index (χ1v) is 9.01. The van der Waals surface area contributed by atoms with E-state index in [1.165, 1.54) is 7.11 Å². The van der Waals surface area contributed by atoms with E-state index >= 15 is 0 Å². The Kier molecular flexibility index (Phi) is 4.89. The van der Waals surface area contributed by atoms with Gasteiger partial charge >= 0.3 is 0 Å². The number of hydrogen-bond acceptors (Lipinski definition) is 6. The Morgan fingerprint density at radius 1 is 1.14 bits per heavy atom. The van der Waals surface area contributed by atoms with Crippen LogP contribution < -0.4 is 0 Å². The number of hydrogen-bond donors (Lipinski definition) is 0. The molecule has 142 valence electrons. The molecule has 0 spiro atoms. The molecule has 1 amide bonds. The summed E-state index contributed by atoms with van der Waals surface area (Å²) in [6, 6.07) is 17.3. The molecule has 1 aliphatic rings. The second-order valence-corrected chi connectivity index (χ2v) is 6.61. The van der Waals surface area contributed by atoms with Gasteiger partial charge in [0.05, 0.1) is 12.3 Å². The average molecular weight is 376 g/mol. The molecule has 7 nitrogen and oxygen atoms in total. The summed E-state index contributed by atoms with van der Waals surface area (Å²) in [4.78, 5) is 24.1. The summed E-state index contributed by atoms with van der Waals surface area (Å²) in [6.45, 7) is 2.09. The van der Waals surface area contributed by atoms with Crippen LogP contribution in [0, 0.1) is 6.92 Å². The lowest BCUT2D eigenvalue weighted by Crippen LogP contribution is -2.31. The van der Waals surface area contributed by atoms with Crippen molar-refractivity contribution in [2.24, 2.45) is 5.16 Å². The van der Waals surface area contributed by atoms with Crippen molar-refractivity contribution in [2.75, 3.05) is 13.7 Å². The summed E-state index contributed by atoms with van der Waals surface area (Å²) in [7, 11) is 1.49. The second-order valence-electron chi connectivity index (χ2n) is 6.61. The predicted octanol–water partition coefficient (Wildman–Crippen LogP) is 3.63. The molecule has 0 saturated carbocycles. The van der Waals surface area contributed by atoms with Crippen LogP contribution in [-0.2, 0) is 4.84 Å². The zero-order chi connectivity index (χ0) is 19.5. The van der Waals surface area contributed by atoms with Crippen LogP contribution in [0.1, 0.15) is 34.5 Å². The molecule has 1 atom stereocenters.